The Morgan fingerprint density at radius 1 is 1.11 bits per heavy atom. The summed E-state index contributed by atoms with van der Waals surface area (Å²) in [5, 5.41) is 12.1. The van der Waals surface area contributed by atoms with Crippen molar-refractivity contribution >= 4 is 17.7 Å². The lowest BCUT2D eigenvalue weighted by Gasteiger charge is -2.33. The SMILES string of the molecule is CC(C)CNC(=O)[C@H]1Sc2nnc(-c3ccccc3)n2N[C@@H]1c1ccccc1. The number of hydrogen-bond donors (Lipinski definition) is 2. The van der Waals surface area contributed by atoms with E-state index in [4.69, 9.17) is 0 Å². The van der Waals surface area contributed by atoms with Crippen LogP contribution < -0.4 is 10.7 Å². The van der Waals surface area contributed by atoms with E-state index in [0.29, 0.717) is 17.6 Å². The van der Waals surface area contributed by atoms with Crippen molar-refractivity contribution in [2.24, 2.45) is 5.92 Å². The number of amides is 1. The van der Waals surface area contributed by atoms with Gasteiger partial charge in [0, 0.05) is 12.1 Å². The minimum absolute atomic E-state index is 0.00978. The third-order valence-electron chi connectivity index (χ3n) is 4.57. The predicted octanol–water partition coefficient (Wildman–Crippen LogP) is 3.48. The second-order valence-corrected chi connectivity index (χ2v) is 8.31. The maximum absolute atomic E-state index is 12.9. The van der Waals surface area contributed by atoms with Crippen LogP contribution in [0.4, 0.5) is 0 Å². The molecule has 0 radical (unpaired) electrons. The van der Waals surface area contributed by atoms with Crippen LogP contribution >= 0.6 is 11.8 Å². The highest BCUT2D eigenvalue weighted by atomic mass is 32.2. The molecule has 2 aromatic carbocycles. The Kier molecular flexibility index (Phi) is 5.34. The molecule has 28 heavy (non-hydrogen) atoms. The van der Waals surface area contributed by atoms with Crippen molar-refractivity contribution in [2.45, 2.75) is 30.3 Å². The summed E-state index contributed by atoms with van der Waals surface area (Å²) in [7, 11) is 0. The number of nitrogens with one attached hydrogen (secondary N) is 2. The summed E-state index contributed by atoms with van der Waals surface area (Å²) in [5.74, 6) is 1.15. The minimum Gasteiger partial charge on any atom is -0.355 e. The molecule has 0 saturated heterocycles. The molecular weight excluding hydrogens is 370 g/mol. The molecule has 144 valence electrons. The molecule has 6 nitrogen and oxygen atoms in total. The van der Waals surface area contributed by atoms with Gasteiger partial charge in [0.05, 0.1) is 6.04 Å². The zero-order valence-corrected chi connectivity index (χ0v) is 16.7. The van der Waals surface area contributed by atoms with Crippen LogP contribution in [-0.4, -0.2) is 32.6 Å². The van der Waals surface area contributed by atoms with Gasteiger partial charge in [0.15, 0.2) is 5.82 Å². The smallest absolute Gasteiger partial charge is 0.236 e. The number of fused-ring (bicyclic) bond motifs is 1. The molecule has 0 fully saturated rings. The highest BCUT2D eigenvalue weighted by Gasteiger charge is 2.37. The fraction of sp³-hybridized carbons (Fsp3) is 0.286. The number of aromatic nitrogens is 3. The van der Waals surface area contributed by atoms with Crippen molar-refractivity contribution in [3.05, 3.63) is 66.2 Å². The van der Waals surface area contributed by atoms with Crippen LogP contribution in [-0.2, 0) is 4.79 Å². The first kappa shape index (κ1) is 18.6. The lowest BCUT2D eigenvalue weighted by atomic mass is 10.0. The predicted molar refractivity (Wildman–Crippen MR) is 111 cm³/mol. The maximum atomic E-state index is 12.9. The number of nitrogens with zero attached hydrogens (tertiary/aromatic N) is 3. The fourth-order valence-electron chi connectivity index (χ4n) is 3.15. The number of carbonyl (C=O) groups excluding carboxylic acids is 1. The molecule has 2 heterocycles. The van der Waals surface area contributed by atoms with Crippen LogP contribution in [0.1, 0.15) is 25.5 Å². The molecule has 0 aliphatic carbocycles. The van der Waals surface area contributed by atoms with Gasteiger partial charge in [0.25, 0.3) is 0 Å². The molecular formula is C21H23N5OS. The van der Waals surface area contributed by atoms with Crippen LogP contribution in [0, 0.1) is 5.92 Å². The fourth-order valence-corrected chi connectivity index (χ4v) is 4.25. The first-order chi connectivity index (χ1) is 13.6. The van der Waals surface area contributed by atoms with Gasteiger partial charge in [-0.25, -0.2) is 4.68 Å². The molecule has 1 aromatic heterocycles. The third-order valence-corrected chi connectivity index (χ3v) is 5.79. The molecule has 0 saturated carbocycles. The van der Waals surface area contributed by atoms with Crippen LogP contribution in [0.15, 0.2) is 65.8 Å². The van der Waals surface area contributed by atoms with E-state index in [1.165, 1.54) is 11.8 Å². The van der Waals surface area contributed by atoms with Gasteiger partial charge >= 0.3 is 0 Å². The molecule has 7 heteroatoms. The Balaban J connectivity index is 1.69. The van der Waals surface area contributed by atoms with E-state index in [9.17, 15) is 4.79 Å². The summed E-state index contributed by atoms with van der Waals surface area (Å²) >= 11 is 1.45. The van der Waals surface area contributed by atoms with Gasteiger partial charge in [0.2, 0.25) is 11.1 Å². The highest BCUT2D eigenvalue weighted by Crippen LogP contribution is 2.38. The zero-order valence-electron chi connectivity index (χ0n) is 15.9. The zero-order chi connectivity index (χ0) is 19.5. The molecule has 0 spiro atoms. The molecule has 0 bridgehead atoms. The van der Waals surface area contributed by atoms with Crippen molar-refractivity contribution in [2.75, 3.05) is 12.0 Å². The Morgan fingerprint density at radius 2 is 1.79 bits per heavy atom. The number of hydrogen-bond acceptors (Lipinski definition) is 5. The lowest BCUT2D eigenvalue weighted by Crippen LogP contribution is -2.44. The second-order valence-electron chi connectivity index (χ2n) is 7.20. The lowest BCUT2D eigenvalue weighted by molar-refractivity contribution is -0.121. The summed E-state index contributed by atoms with van der Waals surface area (Å²) in [6.45, 7) is 4.83. The second kappa shape index (κ2) is 8.06. The highest BCUT2D eigenvalue weighted by molar-refractivity contribution is 8.00. The first-order valence-corrected chi connectivity index (χ1v) is 10.3. The first-order valence-electron chi connectivity index (χ1n) is 9.40. The van der Waals surface area contributed by atoms with Crippen LogP contribution in [0.25, 0.3) is 11.4 Å². The van der Waals surface area contributed by atoms with E-state index in [0.717, 1.165) is 17.0 Å². The van der Waals surface area contributed by atoms with Crippen molar-refractivity contribution < 1.29 is 4.79 Å². The summed E-state index contributed by atoms with van der Waals surface area (Å²) in [6.07, 6.45) is 0. The quantitative estimate of drug-likeness (QED) is 0.694. The third kappa shape index (κ3) is 3.75. The standard InChI is InChI=1S/C21H23N5OS/c1-14(2)13-22-20(27)18-17(15-9-5-3-6-10-15)25-26-19(23-24-21(26)28-18)16-11-7-4-8-12-16/h3-12,14,17-18,25H,13H2,1-2H3,(H,22,27)/t17-,18+/m1/s1. The van der Waals surface area contributed by atoms with Crippen molar-refractivity contribution in [1.82, 2.24) is 20.2 Å². The average Bonchev–Trinajstić information content (AvgIpc) is 3.15. The van der Waals surface area contributed by atoms with Crippen LogP contribution in [0.2, 0.25) is 0 Å². The summed E-state index contributed by atoms with van der Waals surface area (Å²) in [4.78, 5) is 12.9. The van der Waals surface area contributed by atoms with Gasteiger partial charge in [-0.05, 0) is 11.5 Å². The monoisotopic (exact) mass is 393 g/mol. The summed E-state index contributed by atoms with van der Waals surface area (Å²) in [5.41, 5.74) is 5.52. The number of rotatable bonds is 5. The van der Waals surface area contributed by atoms with E-state index < -0.39 is 0 Å². The van der Waals surface area contributed by atoms with E-state index in [2.05, 4.69) is 34.8 Å². The molecule has 1 aliphatic heterocycles. The molecule has 3 aromatic rings. The van der Waals surface area contributed by atoms with Gasteiger partial charge in [-0.15, -0.1) is 10.2 Å². The normalized spacial score (nSPS) is 18.4. The van der Waals surface area contributed by atoms with Gasteiger partial charge in [0.1, 0.15) is 5.25 Å². The largest absolute Gasteiger partial charge is 0.355 e. The summed E-state index contributed by atoms with van der Waals surface area (Å²) in [6, 6.07) is 19.8. The molecule has 2 atom stereocenters. The number of thioether (sulfide) groups is 1. The van der Waals surface area contributed by atoms with Gasteiger partial charge < -0.3 is 10.7 Å². The molecule has 0 unspecified atom stereocenters. The van der Waals surface area contributed by atoms with Crippen LogP contribution in [0.5, 0.6) is 0 Å². The van der Waals surface area contributed by atoms with E-state index in [1.54, 1.807) is 0 Å². The topological polar surface area (TPSA) is 71.8 Å². The average molecular weight is 394 g/mol. The number of carbonyl (C=O) groups is 1. The molecule has 2 N–H and O–H groups in total. The van der Waals surface area contributed by atoms with E-state index >= 15 is 0 Å². The summed E-state index contributed by atoms with van der Waals surface area (Å²) < 4.78 is 1.89. The van der Waals surface area contributed by atoms with E-state index in [-0.39, 0.29) is 17.2 Å². The Labute approximate surface area is 168 Å². The molecule has 1 aliphatic rings. The van der Waals surface area contributed by atoms with Gasteiger partial charge in [-0.2, -0.15) is 0 Å². The minimum atomic E-state index is -0.332. The molecule has 1 amide bonds. The Morgan fingerprint density at radius 3 is 2.46 bits per heavy atom. The van der Waals surface area contributed by atoms with Crippen LogP contribution in [0.3, 0.4) is 0 Å². The van der Waals surface area contributed by atoms with Crippen molar-refractivity contribution in [1.29, 1.82) is 0 Å². The number of benzene rings is 2. The van der Waals surface area contributed by atoms with Crippen molar-refractivity contribution in [3.63, 3.8) is 0 Å². The molecule has 4 rings (SSSR count). The van der Waals surface area contributed by atoms with Gasteiger partial charge in [-0.3, -0.25) is 4.79 Å². The Bertz CT molecular complexity index is 942. The Hall–Kier alpha value is -2.80. The maximum Gasteiger partial charge on any atom is 0.236 e. The van der Waals surface area contributed by atoms with Gasteiger partial charge in [-0.1, -0.05) is 86.3 Å². The van der Waals surface area contributed by atoms with Crippen molar-refractivity contribution in [3.8, 4) is 11.4 Å². The van der Waals surface area contributed by atoms with E-state index in [1.807, 2.05) is 65.3 Å².